The number of ketones is 4. The Morgan fingerprint density at radius 1 is 0.478 bits per heavy atom. The average Bonchev–Trinajstić information content (AvgIpc) is 1.65. The van der Waals surface area contributed by atoms with Gasteiger partial charge in [0.1, 0.15) is 53.9 Å². The van der Waals surface area contributed by atoms with Crippen molar-refractivity contribution in [2.75, 3.05) is 62.3 Å². The van der Waals surface area contributed by atoms with Crippen LogP contribution in [-0.2, 0) is 107 Å². The van der Waals surface area contributed by atoms with Crippen LogP contribution in [0.4, 0.5) is 0 Å². The van der Waals surface area contributed by atoms with Crippen molar-refractivity contribution in [3.63, 3.8) is 0 Å². The van der Waals surface area contributed by atoms with E-state index in [9.17, 15) is 86.6 Å². The molecule has 8 rings (SSSR count). The summed E-state index contributed by atoms with van der Waals surface area (Å²) in [5, 5.41) is 37.8. The lowest BCUT2D eigenvalue weighted by atomic mass is 9.92. The van der Waals surface area contributed by atoms with Gasteiger partial charge in [-0.1, -0.05) is 125 Å². The number of amides is 13. The van der Waals surface area contributed by atoms with E-state index in [2.05, 4.69) is 57.8 Å². The summed E-state index contributed by atoms with van der Waals surface area (Å²) in [6.07, 6.45) is 1.62. The number of halogens is 2. The van der Waals surface area contributed by atoms with Crippen LogP contribution in [0.15, 0.2) is 106 Å². The topological polar surface area (TPSA) is 606 Å². The van der Waals surface area contributed by atoms with Gasteiger partial charge in [0.05, 0.1) is 37.6 Å². The highest BCUT2D eigenvalue weighted by molar-refractivity contribution is 7.99. The zero-order valence-electron chi connectivity index (χ0n) is 79.3. The maximum absolute atomic E-state index is 14.7. The van der Waals surface area contributed by atoms with E-state index < -0.39 is 210 Å². The summed E-state index contributed by atoms with van der Waals surface area (Å²) in [4.78, 5) is 247. The van der Waals surface area contributed by atoms with Crippen LogP contribution < -0.4 is 82.3 Å². The van der Waals surface area contributed by atoms with Crippen molar-refractivity contribution in [1.29, 1.82) is 0 Å². The molecule has 1 aromatic heterocycles. The molecular formula is C96H137Cl2N19O18S3. The van der Waals surface area contributed by atoms with Crippen molar-refractivity contribution in [3.05, 3.63) is 128 Å². The Hall–Kier alpha value is -11.1. The number of guanidine groups is 2. The van der Waals surface area contributed by atoms with E-state index in [1.54, 1.807) is 113 Å². The molecule has 13 amide bonds. The highest BCUT2D eigenvalue weighted by atomic mass is 35.5. The number of benzene rings is 3. The van der Waals surface area contributed by atoms with Gasteiger partial charge >= 0.3 is 0 Å². The predicted octanol–water partition coefficient (Wildman–Crippen LogP) is 3.46. The summed E-state index contributed by atoms with van der Waals surface area (Å²) < 4.78 is 0. The van der Waals surface area contributed by atoms with Gasteiger partial charge in [0.15, 0.2) is 23.5 Å². The molecule has 4 aliphatic rings. The number of aliphatic hydroxyl groups excluding tert-OH is 1. The number of primary amides is 2. The third kappa shape index (κ3) is 39.3. The van der Waals surface area contributed by atoms with Gasteiger partial charge in [-0.3, -0.25) is 91.5 Å². The summed E-state index contributed by atoms with van der Waals surface area (Å²) in [5.74, 6) is -13.6. The van der Waals surface area contributed by atoms with E-state index in [1.807, 2.05) is 25.3 Å². The van der Waals surface area contributed by atoms with Crippen molar-refractivity contribution >= 4 is 170 Å². The van der Waals surface area contributed by atoms with Crippen molar-refractivity contribution in [3.8, 4) is 0 Å². The van der Waals surface area contributed by atoms with Gasteiger partial charge in [-0.15, -0.1) is 11.3 Å². The second-order valence-corrected chi connectivity index (χ2v) is 40.8. The highest BCUT2D eigenvalue weighted by Crippen LogP contribution is 2.31. The number of carbonyl (C=O) groups is 17. The molecule has 756 valence electrons. The number of carbonyl (C=O) groups excluding carboxylic acids is 17. The molecule has 22 N–H and O–H groups in total. The first kappa shape index (κ1) is 114. The van der Waals surface area contributed by atoms with Crippen LogP contribution in [0.2, 0.25) is 10.0 Å². The highest BCUT2D eigenvalue weighted by Gasteiger charge is 2.44. The average molecular weight is 2010 g/mol. The summed E-state index contributed by atoms with van der Waals surface area (Å²) in [5.41, 5.74) is 35.2. The van der Waals surface area contributed by atoms with Crippen molar-refractivity contribution in [1.82, 2.24) is 57.7 Å². The molecule has 0 bridgehead atoms. The van der Waals surface area contributed by atoms with Crippen LogP contribution in [-0.4, -0.2) is 250 Å². The second-order valence-electron chi connectivity index (χ2n) is 36.5. The molecule has 0 unspecified atom stereocenters. The third-order valence-corrected chi connectivity index (χ3v) is 27.5. The molecule has 138 heavy (non-hydrogen) atoms. The molecular weight excluding hydrogens is 1870 g/mol. The van der Waals surface area contributed by atoms with E-state index >= 15 is 0 Å². The zero-order valence-corrected chi connectivity index (χ0v) is 83.3. The normalized spacial score (nSPS) is 23.0. The lowest BCUT2D eigenvalue weighted by Crippen LogP contribution is -2.58. The number of rotatable bonds is 32. The fourth-order valence-corrected chi connectivity index (χ4v) is 19.6. The largest absolute Gasteiger partial charge is 0.394 e. The van der Waals surface area contributed by atoms with Gasteiger partial charge in [-0.2, -0.15) is 23.5 Å². The lowest BCUT2D eigenvalue weighted by molar-refractivity contribution is -0.144. The monoisotopic (exact) mass is 2010 g/mol. The van der Waals surface area contributed by atoms with Gasteiger partial charge in [0, 0.05) is 134 Å². The van der Waals surface area contributed by atoms with Crippen LogP contribution in [0.1, 0.15) is 179 Å². The summed E-state index contributed by atoms with van der Waals surface area (Å²) >= 11 is 16.4. The van der Waals surface area contributed by atoms with Gasteiger partial charge in [0.2, 0.25) is 76.8 Å². The van der Waals surface area contributed by atoms with Crippen LogP contribution in [0.25, 0.3) is 0 Å². The lowest BCUT2D eigenvalue weighted by Gasteiger charge is -2.30. The van der Waals surface area contributed by atoms with Crippen molar-refractivity contribution in [2.45, 2.75) is 243 Å². The molecule has 3 aromatic carbocycles. The Labute approximate surface area is 828 Å². The molecule has 4 saturated heterocycles. The number of Topliss-reactive ketones (excluding diaryl/α,β-unsaturated/α-hetero) is 4. The first-order valence-electron chi connectivity index (χ1n) is 47.1. The number of thiophene rings is 1. The SMILES string of the molecule is CC(C)CNC(=O)[C@@H](CCCN=C(N)N)NC(=O)[C@@H]1CCCN1C(=O)[C@@H]1CCSCCC(=O)C[C@@H](Cc2ccc(Cl)cc2)C(=O)N[C@@H](Cc2ccccc2)C(=O)N[C@@H](C(C)C)C(=O)N[C@@H](CC(N)=O)C(=O)C1.CC(C)[C@@H]1NC(=O)[C@H](Cc2cccs2)NC(=O)[C@H](Cc2ccc(Cl)cc2)CC(=O)CCSCC[C@@H](C(=O)N2CCC[C@H]2C(=O)N[C@@H](CO)CCCN=C(N)N)CC(=O)[C@H](CC(N)=O)NC1=O. The number of aliphatic imine (C=N–C) groups is 2. The number of hydrogen-bond donors (Lipinski definition) is 16. The Morgan fingerprint density at radius 2 is 0.906 bits per heavy atom. The first-order valence-corrected chi connectivity index (χ1v) is 51.0. The molecule has 4 fully saturated rings. The molecule has 5 heterocycles. The molecule has 4 aliphatic heterocycles. The van der Waals surface area contributed by atoms with Crippen LogP contribution in [0.3, 0.4) is 0 Å². The minimum atomic E-state index is -1.49. The number of hydrogen-bond acceptors (Lipinski definition) is 23. The van der Waals surface area contributed by atoms with E-state index in [0.29, 0.717) is 90.2 Å². The molecule has 42 heteroatoms. The Bertz CT molecular complexity index is 4840. The maximum atomic E-state index is 14.7. The van der Waals surface area contributed by atoms with Gasteiger partial charge in [0.25, 0.3) is 0 Å². The number of nitrogens with zero attached hydrogens (tertiary/aromatic N) is 4. The number of likely N-dealkylation sites (tertiary alicyclic amines) is 2. The van der Waals surface area contributed by atoms with Crippen LogP contribution in [0.5, 0.6) is 0 Å². The quantitative estimate of drug-likeness (QED) is 0.0189. The maximum Gasteiger partial charge on any atom is 0.243 e. The minimum absolute atomic E-state index is 0.0374. The molecule has 4 aromatic rings. The number of thioether (sulfide) groups is 2. The summed E-state index contributed by atoms with van der Waals surface area (Å²) in [7, 11) is 0. The predicted molar refractivity (Wildman–Crippen MR) is 531 cm³/mol. The molecule has 0 aliphatic carbocycles. The van der Waals surface area contributed by atoms with Gasteiger partial charge in [-0.25, -0.2) is 0 Å². The Balaban J connectivity index is 0.000000377. The van der Waals surface area contributed by atoms with E-state index in [1.165, 1.54) is 44.7 Å². The fraction of sp³-hybridized carbons (Fsp3) is 0.573. The van der Waals surface area contributed by atoms with Crippen molar-refractivity contribution < 1.29 is 86.6 Å². The number of nitrogens with two attached hydrogens (primary N) is 6. The van der Waals surface area contributed by atoms with Gasteiger partial charge < -0.3 is 97.2 Å². The van der Waals surface area contributed by atoms with E-state index in [0.717, 1.165) is 16.0 Å². The van der Waals surface area contributed by atoms with Crippen LogP contribution >= 0.6 is 58.1 Å². The summed E-state index contributed by atoms with van der Waals surface area (Å²) in [6.45, 7) is 11.5. The van der Waals surface area contributed by atoms with Gasteiger partial charge in [-0.05, 0) is 159 Å². The number of nitrogens with one attached hydrogen (secondary N) is 9. The molecule has 0 spiro atoms. The molecule has 37 nitrogen and oxygen atoms in total. The molecule has 14 atom stereocenters. The Morgan fingerprint density at radius 3 is 1.32 bits per heavy atom. The smallest absolute Gasteiger partial charge is 0.243 e. The molecule has 0 saturated carbocycles. The third-order valence-electron chi connectivity index (χ3n) is 24.1. The summed E-state index contributed by atoms with van der Waals surface area (Å²) in [6, 6.07) is 15.1. The molecule has 0 radical (unpaired) electrons. The van der Waals surface area contributed by atoms with Crippen molar-refractivity contribution in [2.24, 2.45) is 85.8 Å². The number of aliphatic hydroxyl groups is 1. The van der Waals surface area contributed by atoms with E-state index in [-0.39, 0.29) is 133 Å². The zero-order chi connectivity index (χ0) is 101. The Kier molecular flexibility index (Phi) is 48.5. The standard InChI is InChI=1S/C51H73ClN10O9S.C45H64ClN9O9S2/c1-30(2)29-57-46(67)38(12-8-20-56-51(54)55)58-48(69)41-13-9-21-62(41)50(71)34-18-22-72-23-19-37(63)26-35(24-33-14-16-36(52)17-15-33)45(66)60-40(25-32-10-6-5-7-11-32)47(68)61-44(31(3)4)49(70)59-39(28-43(53)65)42(64)27-34;1-26(2)39-43(63)52-34(24-38(47)59)37(58)22-28(44(64)55-16-4-8-36(55)42(62)51-31(25-56)6-3-15-50-45(48)49)13-18-65-19-14-32(57)21-29(20-27-9-11-30(46)12-10-27)40(60)53-35(41(61)54-39)23-33-7-5-17-66-33/h5-7,10-11,14-17,30-31,34-35,38-41,44H,8-9,12-13,18-29H2,1-4H3,(H2,53,65)(H,57,67)(H,58,69)(H,59,70)(H,60,66)(H,61,68)(H4,54,55,56);5,7,9-12,17,26,28-29,31,34-36,39,56H,3-4,6,8,13-16,18-25H2,1-2H3,(H2,47,59)(H,51,62)(H,52,63)(H,53,60)(H,54,61)(H4,48,49,50)/t34-,35-,38-,39+,40+,41+,44+;28-,29-,31-,34+,35+,36+,39+/m11/s1. The first-order chi connectivity index (χ1) is 65.7. The van der Waals surface area contributed by atoms with Crippen LogP contribution in [0, 0.1) is 41.4 Å². The minimum Gasteiger partial charge on any atom is -0.394 e. The fourth-order valence-electron chi connectivity index (χ4n) is 16.6. The second kappa shape index (κ2) is 58.7. The van der Waals surface area contributed by atoms with E-state index in [4.69, 9.17) is 57.6 Å².